The molecular formula is C32H35BrN4O8. The van der Waals surface area contributed by atoms with Crippen LogP contribution in [0.1, 0.15) is 38.3 Å². The van der Waals surface area contributed by atoms with Crippen molar-refractivity contribution in [3.63, 3.8) is 0 Å². The summed E-state index contributed by atoms with van der Waals surface area (Å²) in [4.78, 5) is 55.8. The molecule has 1 aliphatic heterocycles. The van der Waals surface area contributed by atoms with E-state index in [0.29, 0.717) is 16.0 Å². The lowest BCUT2D eigenvalue weighted by atomic mass is 10.1. The third-order valence-electron chi connectivity index (χ3n) is 7.25. The standard InChI is InChI=1S/C32H35BrN4O8/c1-16-9-17(2)11-18(10-16)45-24-12-19-21(34-31(40)23(37(5)32(19)41)15-26(38)36(3)4)14-22(24)35-30(39)20-13-25(42-6)28(43-7)29(44-8)27(20)33/h9-14,23H,15H2,1-8H3,(H,34,40)(H,35,39)/t23-/m0/s1. The van der Waals surface area contributed by atoms with Crippen molar-refractivity contribution in [2.45, 2.75) is 26.3 Å². The van der Waals surface area contributed by atoms with Crippen LogP contribution >= 0.6 is 15.9 Å². The smallest absolute Gasteiger partial charge is 0.257 e. The SMILES string of the molecule is COc1cc(C(=O)Nc2cc3c(cc2Oc2cc(C)cc(C)c2)C(=O)N(C)[C@@H](CC(=O)N(C)C)C(=O)N3)c(Br)c(OC)c1OC. The van der Waals surface area contributed by atoms with Gasteiger partial charge in [-0.1, -0.05) is 6.07 Å². The van der Waals surface area contributed by atoms with Gasteiger partial charge in [0, 0.05) is 21.1 Å². The molecule has 2 N–H and O–H groups in total. The van der Waals surface area contributed by atoms with E-state index in [1.54, 1.807) is 14.1 Å². The number of benzene rings is 3. The van der Waals surface area contributed by atoms with Gasteiger partial charge in [0.05, 0.1) is 54.7 Å². The number of rotatable bonds is 9. The van der Waals surface area contributed by atoms with E-state index in [2.05, 4.69) is 26.6 Å². The first-order chi connectivity index (χ1) is 21.3. The number of halogens is 1. The Labute approximate surface area is 269 Å². The predicted octanol–water partition coefficient (Wildman–Crippen LogP) is 5.01. The van der Waals surface area contributed by atoms with E-state index >= 15 is 0 Å². The third kappa shape index (κ3) is 6.83. The number of likely N-dealkylation sites (N-methyl/N-ethyl adjacent to an activating group) is 1. The lowest BCUT2D eigenvalue weighted by Crippen LogP contribution is -2.45. The van der Waals surface area contributed by atoms with Gasteiger partial charge in [0.1, 0.15) is 11.8 Å². The number of fused-ring (bicyclic) bond motifs is 1. The molecule has 4 rings (SSSR count). The number of hydrogen-bond donors (Lipinski definition) is 2. The monoisotopic (exact) mass is 682 g/mol. The number of carbonyl (C=O) groups excluding carboxylic acids is 4. The first-order valence-corrected chi connectivity index (χ1v) is 14.6. The van der Waals surface area contributed by atoms with E-state index in [1.165, 1.54) is 56.4 Å². The van der Waals surface area contributed by atoms with E-state index in [1.807, 2.05) is 32.0 Å². The maximum atomic E-state index is 13.8. The third-order valence-corrected chi connectivity index (χ3v) is 8.04. The van der Waals surface area contributed by atoms with Gasteiger partial charge < -0.3 is 39.4 Å². The van der Waals surface area contributed by atoms with Crippen LogP contribution in [0.5, 0.6) is 28.7 Å². The fourth-order valence-corrected chi connectivity index (χ4v) is 5.57. The van der Waals surface area contributed by atoms with Gasteiger partial charge in [0.25, 0.3) is 11.8 Å². The van der Waals surface area contributed by atoms with Crippen LogP contribution in [0.25, 0.3) is 0 Å². The number of nitrogens with zero attached hydrogens (tertiary/aromatic N) is 2. The minimum atomic E-state index is -1.06. The van der Waals surface area contributed by atoms with Crippen LogP contribution in [0.3, 0.4) is 0 Å². The summed E-state index contributed by atoms with van der Waals surface area (Å²) in [5.74, 6) is -0.528. The molecular weight excluding hydrogens is 648 g/mol. The maximum absolute atomic E-state index is 13.8. The van der Waals surface area contributed by atoms with Gasteiger partial charge >= 0.3 is 0 Å². The second-order valence-corrected chi connectivity index (χ2v) is 11.5. The van der Waals surface area contributed by atoms with Crippen LogP contribution in [0.2, 0.25) is 0 Å². The van der Waals surface area contributed by atoms with Crippen molar-refractivity contribution < 1.29 is 38.1 Å². The molecule has 12 nitrogen and oxygen atoms in total. The number of methoxy groups -OCH3 is 3. The van der Waals surface area contributed by atoms with Crippen LogP contribution in [0.15, 0.2) is 40.9 Å². The lowest BCUT2D eigenvalue weighted by Gasteiger charge is -2.25. The van der Waals surface area contributed by atoms with Crippen LogP contribution in [-0.2, 0) is 9.59 Å². The van der Waals surface area contributed by atoms with E-state index in [9.17, 15) is 19.2 Å². The molecule has 13 heteroatoms. The van der Waals surface area contributed by atoms with Crippen molar-refractivity contribution in [3.8, 4) is 28.7 Å². The van der Waals surface area contributed by atoms with Crippen molar-refractivity contribution in [2.24, 2.45) is 0 Å². The molecule has 0 radical (unpaired) electrons. The van der Waals surface area contributed by atoms with Crippen LogP contribution < -0.4 is 29.6 Å². The Balaban J connectivity index is 1.83. The van der Waals surface area contributed by atoms with Gasteiger partial charge in [0.15, 0.2) is 17.2 Å². The highest BCUT2D eigenvalue weighted by molar-refractivity contribution is 9.10. The maximum Gasteiger partial charge on any atom is 0.257 e. The quantitative estimate of drug-likeness (QED) is 0.322. The molecule has 45 heavy (non-hydrogen) atoms. The molecule has 4 amide bonds. The Kier molecular flexibility index (Phi) is 9.91. The summed E-state index contributed by atoms with van der Waals surface area (Å²) in [6.45, 7) is 3.84. The zero-order valence-electron chi connectivity index (χ0n) is 26.3. The van der Waals surface area contributed by atoms with Crippen LogP contribution in [-0.4, -0.2) is 81.9 Å². The van der Waals surface area contributed by atoms with Crippen molar-refractivity contribution in [1.29, 1.82) is 0 Å². The molecule has 0 bridgehead atoms. The Bertz CT molecular complexity index is 1670. The number of hydrogen-bond acceptors (Lipinski definition) is 8. The second-order valence-electron chi connectivity index (χ2n) is 10.7. The number of amides is 4. The largest absolute Gasteiger partial charge is 0.493 e. The minimum Gasteiger partial charge on any atom is -0.493 e. The summed E-state index contributed by atoms with van der Waals surface area (Å²) in [6, 6.07) is 8.96. The molecule has 0 saturated carbocycles. The summed E-state index contributed by atoms with van der Waals surface area (Å²) in [7, 11) is 8.93. The normalized spacial score (nSPS) is 14.2. The van der Waals surface area contributed by atoms with Gasteiger partial charge in [-0.25, -0.2) is 0 Å². The number of carbonyl (C=O) groups is 4. The zero-order chi connectivity index (χ0) is 33.2. The molecule has 3 aromatic carbocycles. The number of nitrogens with one attached hydrogen (secondary N) is 2. The summed E-state index contributed by atoms with van der Waals surface area (Å²) in [6.07, 6.45) is -0.209. The Morgan fingerprint density at radius 1 is 0.933 bits per heavy atom. The minimum absolute atomic E-state index is 0.122. The van der Waals surface area contributed by atoms with E-state index in [4.69, 9.17) is 18.9 Å². The first kappa shape index (κ1) is 33.1. The number of anilines is 2. The van der Waals surface area contributed by atoms with Crippen molar-refractivity contribution >= 4 is 50.9 Å². The van der Waals surface area contributed by atoms with Crippen molar-refractivity contribution in [2.75, 3.05) is 53.1 Å². The molecule has 238 valence electrons. The van der Waals surface area contributed by atoms with Gasteiger partial charge in [-0.2, -0.15) is 0 Å². The summed E-state index contributed by atoms with van der Waals surface area (Å²) < 4.78 is 22.9. The molecule has 0 spiro atoms. The van der Waals surface area contributed by atoms with E-state index in [0.717, 1.165) is 11.1 Å². The summed E-state index contributed by atoms with van der Waals surface area (Å²) >= 11 is 3.44. The predicted molar refractivity (Wildman–Crippen MR) is 172 cm³/mol. The molecule has 0 aromatic heterocycles. The highest BCUT2D eigenvalue weighted by Crippen LogP contribution is 2.45. The first-order valence-electron chi connectivity index (χ1n) is 13.8. The average molecular weight is 684 g/mol. The fourth-order valence-electron chi connectivity index (χ4n) is 4.94. The number of aryl methyl sites for hydroxylation is 2. The molecule has 0 saturated heterocycles. The second kappa shape index (κ2) is 13.5. The average Bonchev–Trinajstić information content (AvgIpc) is 3.06. The van der Waals surface area contributed by atoms with E-state index < -0.39 is 23.8 Å². The Hall–Kier alpha value is -4.78. The molecule has 0 aliphatic carbocycles. The van der Waals surface area contributed by atoms with Crippen molar-refractivity contribution in [1.82, 2.24) is 9.80 Å². The van der Waals surface area contributed by atoms with E-state index in [-0.39, 0.29) is 52.1 Å². The summed E-state index contributed by atoms with van der Waals surface area (Å²) in [5.41, 5.74) is 2.48. The van der Waals surface area contributed by atoms with Crippen molar-refractivity contribution in [3.05, 3.63) is 63.1 Å². The zero-order valence-corrected chi connectivity index (χ0v) is 27.9. The van der Waals surface area contributed by atoms with Gasteiger partial charge in [-0.3, -0.25) is 19.2 Å². The highest BCUT2D eigenvalue weighted by atomic mass is 79.9. The molecule has 1 heterocycles. The van der Waals surface area contributed by atoms with Crippen LogP contribution in [0.4, 0.5) is 11.4 Å². The molecule has 1 atom stereocenters. The van der Waals surface area contributed by atoms with Crippen LogP contribution in [0, 0.1) is 13.8 Å². The highest BCUT2D eigenvalue weighted by Gasteiger charge is 2.36. The molecule has 1 aliphatic rings. The number of ether oxygens (including phenoxy) is 4. The van der Waals surface area contributed by atoms with Gasteiger partial charge in [-0.05, 0) is 71.2 Å². The Morgan fingerprint density at radius 3 is 2.16 bits per heavy atom. The topological polar surface area (TPSA) is 136 Å². The molecule has 0 fully saturated rings. The van der Waals surface area contributed by atoms with Gasteiger partial charge in [-0.15, -0.1) is 0 Å². The fraction of sp³-hybridized carbons (Fsp3) is 0.312. The molecule has 0 unspecified atom stereocenters. The van der Waals surface area contributed by atoms with Gasteiger partial charge in [0.2, 0.25) is 17.6 Å². The summed E-state index contributed by atoms with van der Waals surface area (Å²) in [5, 5.41) is 5.60. The lowest BCUT2D eigenvalue weighted by molar-refractivity contribution is -0.132. The molecule has 3 aromatic rings. The Morgan fingerprint density at radius 2 is 1.58 bits per heavy atom.